The molecule has 7 heteroatoms. The van der Waals surface area contributed by atoms with Crippen molar-refractivity contribution in [2.24, 2.45) is 0 Å². The molecule has 0 unspecified atom stereocenters. The molecule has 0 fully saturated rings. The van der Waals surface area contributed by atoms with E-state index < -0.39 is 0 Å². The van der Waals surface area contributed by atoms with E-state index >= 15 is 0 Å². The molecule has 0 aliphatic rings. The molecule has 1 aromatic carbocycles. The molecule has 0 bridgehead atoms. The van der Waals surface area contributed by atoms with E-state index in [0.29, 0.717) is 36.2 Å². The largest absolute Gasteiger partial charge is 0.496 e. The third-order valence-electron chi connectivity index (χ3n) is 4.18. The summed E-state index contributed by atoms with van der Waals surface area (Å²) in [7, 11) is 1.63. The lowest BCUT2D eigenvalue weighted by Gasteiger charge is -2.21. The van der Waals surface area contributed by atoms with Gasteiger partial charge in [0.25, 0.3) is 5.89 Å². The number of Topliss-reactive ketones (excluding diaryl/α,β-unsaturated/α-hetero) is 1. The van der Waals surface area contributed by atoms with E-state index in [-0.39, 0.29) is 5.78 Å². The Morgan fingerprint density at radius 2 is 2.07 bits per heavy atom. The predicted octanol–water partition coefficient (Wildman–Crippen LogP) is 3.95. The normalized spacial score (nSPS) is 11.1. The molecule has 2 heterocycles. The van der Waals surface area contributed by atoms with Crippen molar-refractivity contribution in [1.82, 2.24) is 15.1 Å². The Labute approximate surface area is 157 Å². The van der Waals surface area contributed by atoms with Gasteiger partial charge in [-0.25, -0.2) is 0 Å². The van der Waals surface area contributed by atoms with E-state index in [1.165, 1.54) is 0 Å². The molecule has 0 aliphatic carbocycles. The number of furan rings is 1. The molecule has 0 radical (unpaired) electrons. The molecule has 0 N–H and O–H groups in total. The van der Waals surface area contributed by atoms with Crippen LogP contribution in [-0.4, -0.2) is 34.5 Å². The lowest BCUT2D eigenvalue weighted by molar-refractivity contribution is 0.101. The van der Waals surface area contributed by atoms with Crippen LogP contribution in [0, 0.1) is 0 Å². The third kappa shape index (κ3) is 4.62. The molecule has 3 rings (SSSR count). The summed E-state index contributed by atoms with van der Waals surface area (Å²) >= 11 is 0. The maximum atomic E-state index is 11.7. The van der Waals surface area contributed by atoms with Gasteiger partial charge < -0.3 is 13.6 Å². The number of hydrogen-bond acceptors (Lipinski definition) is 7. The van der Waals surface area contributed by atoms with Crippen LogP contribution in [0.15, 0.2) is 45.4 Å². The fourth-order valence-electron chi connectivity index (χ4n) is 2.90. The van der Waals surface area contributed by atoms with Crippen molar-refractivity contribution in [3.8, 4) is 17.4 Å². The number of nitrogens with zero attached hydrogens (tertiary/aromatic N) is 3. The van der Waals surface area contributed by atoms with Gasteiger partial charge in [-0.2, -0.15) is 0 Å². The third-order valence-corrected chi connectivity index (χ3v) is 4.18. The number of hydrogen-bond donors (Lipinski definition) is 0. The summed E-state index contributed by atoms with van der Waals surface area (Å²) in [4.78, 5) is 13.9. The Balaban J connectivity index is 1.78. The van der Waals surface area contributed by atoms with Gasteiger partial charge in [-0.05, 0) is 50.2 Å². The van der Waals surface area contributed by atoms with E-state index in [0.717, 1.165) is 24.3 Å². The first-order valence-corrected chi connectivity index (χ1v) is 8.87. The predicted molar refractivity (Wildman–Crippen MR) is 99.4 cm³/mol. The summed E-state index contributed by atoms with van der Waals surface area (Å²) in [6, 6.07) is 9.04. The molecule has 0 saturated heterocycles. The number of ketones is 1. The second-order valence-corrected chi connectivity index (χ2v) is 6.27. The van der Waals surface area contributed by atoms with Gasteiger partial charge in [0.1, 0.15) is 5.75 Å². The fourth-order valence-corrected chi connectivity index (χ4v) is 2.90. The highest BCUT2D eigenvalue weighted by Crippen LogP contribution is 2.24. The van der Waals surface area contributed by atoms with E-state index in [4.69, 9.17) is 13.6 Å². The SMILES string of the molecule is CCCN(Cc1nnc(-c2ccco2)o1)Cc1cc(C(C)=O)ccc1OC. The summed E-state index contributed by atoms with van der Waals surface area (Å²) in [6.45, 7) is 5.61. The maximum absolute atomic E-state index is 11.7. The van der Waals surface area contributed by atoms with Crippen molar-refractivity contribution in [1.29, 1.82) is 0 Å². The molecule has 0 spiro atoms. The van der Waals surface area contributed by atoms with Gasteiger partial charge in [-0.3, -0.25) is 9.69 Å². The average Bonchev–Trinajstić information content (AvgIpc) is 3.33. The Kier molecular flexibility index (Phi) is 6.03. The first-order chi connectivity index (χ1) is 13.1. The van der Waals surface area contributed by atoms with Gasteiger partial charge in [-0.15, -0.1) is 10.2 Å². The summed E-state index contributed by atoms with van der Waals surface area (Å²) in [5, 5.41) is 8.16. The Hall–Kier alpha value is -2.93. The molecule has 0 amide bonds. The average molecular weight is 369 g/mol. The minimum Gasteiger partial charge on any atom is -0.496 e. The van der Waals surface area contributed by atoms with Crippen molar-refractivity contribution >= 4 is 5.78 Å². The van der Waals surface area contributed by atoms with Crippen molar-refractivity contribution in [2.45, 2.75) is 33.4 Å². The number of benzene rings is 1. The Morgan fingerprint density at radius 3 is 2.74 bits per heavy atom. The van der Waals surface area contributed by atoms with Crippen molar-refractivity contribution < 1.29 is 18.4 Å². The van der Waals surface area contributed by atoms with Crippen LogP contribution in [0.25, 0.3) is 11.7 Å². The van der Waals surface area contributed by atoms with Crippen LogP contribution in [0.2, 0.25) is 0 Å². The summed E-state index contributed by atoms with van der Waals surface area (Å²) in [5.41, 5.74) is 1.62. The standard InChI is InChI=1S/C20H23N3O4/c1-4-9-23(12-16-11-15(14(2)24)7-8-17(16)25-3)13-19-21-22-20(27-19)18-6-5-10-26-18/h5-8,10-11H,4,9,12-13H2,1-3H3. The van der Waals surface area contributed by atoms with E-state index in [2.05, 4.69) is 22.0 Å². The molecule has 27 heavy (non-hydrogen) atoms. The molecule has 7 nitrogen and oxygen atoms in total. The van der Waals surface area contributed by atoms with Gasteiger partial charge in [0, 0.05) is 17.7 Å². The number of ether oxygens (including phenoxy) is 1. The van der Waals surface area contributed by atoms with Gasteiger partial charge in [-0.1, -0.05) is 6.92 Å². The summed E-state index contributed by atoms with van der Waals surface area (Å²) in [5.74, 6) is 2.20. The monoisotopic (exact) mass is 369 g/mol. The van der Waals surface area contributed by atoms with E-state index in [9.17, 15) is 4.79 Å². The van der Waals surface area contributed by atoms with Crippen LogP contribution in [0.5, 0.6) is 5.75 Å². The lowest BCUT2D eigenvalue weighted by Crippen LogP contribution is -2.24. The second kappa shape index (κ2) is 8.64. The topological polar surface area (TPSA) is 81.6 Å². The van der Waals surface area contributed by atoms with Crippen LogP contribution in [-0.2, 0) is 13.1 Å². The molecule has 3 aromatic rings. The number of aromatic nitrogens is 2. The summed E-state index contributed by atoms with van der Waals surface area (Å²) in [6.07, 6.45) is 2.53. The molecular weight excluding hydrogens is 346 g/mol. The molecule has 2 aromatic heterocycles. The van der Waals surface area contributed by atoms with Crippen LogP contribution < -0.4 is 4.74 Å². The highest BCUT2D eigenvalue weighted by molar-refractivity contribution is 5.94. The minimum atomic E-state index is 0.0286. The highest BCUT2D eigenvalue weighted by atomic mass is 16.5. The number of carbonyl (C=O) groups excluding carboxylic acids is 1. The zero-order chi connectivity index (χ0) is 19.2. The fraction of sp³-hybridized carbons (Fsp3) is 0.350. The zero-order valence-corrected chi connectivity index (χ0v) is 15.8. The summed E-state index contributed by atoms with van der Waals surface area (Å²) < 4.78 is 16.5. The van der Waals surface area contributed by atoms with Crippen LogP contribution in [0.3, 0.4) is 0 Å². The van der Waals surface area contributed by atoms with Crippen molar-refractivity contribution in [3.05, 3.63) is 53.6 Å². The first-order valence-electron chi connectivity index (χ1n) is 8.87. The highest BCUT2D eigenvalue weighted by Gasteiger charge is 2.16. The number of rotatable bonds is 9. The van der Waals surface area contributed by atoms with Gasteiger partial charge in [0.05, 0.1) is 19.9 Å². The molecule has 142 valence electrons. The molecular formula is C20H23N3O4. The zero-order valence-electron chi connectivity index (χ0n) is 15.8. The number of carbonyl (C=O) groups is 1. The lowest BCUT2D eigenvalue weighted by atomic mass is 10.1. The van der Waals surface area contributed by atoms with Crippen molar-refractivity contribution in [2.75, 3.05) is 13.7 Å². The Bertz CT molecular complexity index is 887. The van der Waals surface area contributed by atoms with E-state index in [1.54, 1.807) is 38.5 Å². The second-order valence-electron chi connectivity index (χ2n) is 6.27. The molecule has 0 saturated carbocycles. The smallest absolute Gasteiger partial charge is 0.283 e. The van der Waals surface area contributed by atoms with Crippen molar-refractivity contribution in [3.63, 3.8) is 0 Å². The van der Waals surface area contributed by atoms with Crippen LogP contribution >= 0.6 is 0 Å². The van der Waals surface area contributed by atoms with Crippen LogP contribution in [0.1, 0.15) is 42.1 Å². The maximum Gasteiger partial charge on any atom is 0.283 e. The quantitative estimate of drug-likeness (QED) is 0.528. The van der Waals surface area contributed by atoms with Gasteiger partial charge in [0.15, 0.2) is 11.5 Å². The molecule has 0 aliphatic heterocycles. The van der Waals surface area contributed by atoms with Gasteiger partial charge >= 0.3 is 0 Å². The minimum absolute atomic E-state index is 0.0286. The number of methoxy groups -OCH3 is 1. The van der Waals surface area contributed by atoms with E-state index in [1.807, 2.05) is 12.1 Å². The Morgan fingerprint density at radius 1 is 1.22 bits per heavy atom. The molecule has 0 atom stereocenters. The first kappa shape index (κ1) is 18.8. The van der Waals surface area contributed by atoms with Gasteiger partial charge in [0.2, 0.25) is 5.89 Å². The van der Waals surface area contributed by atoms with Crippen LogP contribution in [0.4, 0.5) is 0 Å².